The van der Waals surface area contributed by atoms with Crippen molar-refractivity contribution in [3.63, 3.8) is 0 Å². The number of aryl methyl sites for hydroxylation is 1. The Labute approximate surface area is 152 Å². The van der Waals surface area contributed by atoms with E-state index >= 15 is 0 Å². The van der Waals surface area contributed by atoms with Crippen molar-refractivity contribution in [1.29, 1.82) is 0 Å². The van der Waals surface area contributed by atoms with Gasteiger partial charge in [0.25, 0.3) is 5.91 Å². The van der Waals surface area contributed by atoms with E-state index < -0.39 is 0 Å². The van der Waals surface area contributed by atoms with Gasteiger partial charge in [-0.2, -0.15) is 10.2 Å². The Balaban J connectivity index is 1.71. The first-order valence-corrected chi connectivity index (χ1v) is 8.54. The van der Waals surface area contributed by atoms with Gasteiger partial charge < -0.3 is 5.32 Å². The molecule has 0 aliphatic carbocycles. The lowest BCUT2D eigenvalue weighted by Crippen LogP contribution is -2.14. The second kappa shape index (κ2) is 7.19. The maximum Gasteiger partial charge on any atom is 0.277 e. The third kappa shape index (κ3) is 3.85. The van der Waals surface area contributed by atoms with E-state index in [1.165, 1.54) is 0 Å². The van der Waals surface area contributed by atoms with Crippen LogP contribution in [0, 0.1) is 0 Å². The zero-order valence-electron chi connectivity index (χ0n) is 12.9. The molecule has 1 amide bonds. The van der Waals surface area contributed by atoms with Crippen molar-refractivity contribution in [3.8, 4) is 0 Å². The highest BCUT2D eigenvalue weighted by atomic mass is 79.9. The minimum absolute atomic E-state index is 0.292. The number of carbonyl (C=O) groups excluding carboxylic acids is 1. The van der Waals surface area contributed by atoms with Crippen molar-refractivity contribution in [2.45, 2.75) is 20.0 Å². The van der Waals surface area contributed by atoms with Crippen LogP contribution in [-0.2, 0) is 13.1 Å². The van der Waals surface area contributed by atoms with Gasteiger partial charge in [-0.25, -0.2) is 0 Å². The molecule has 0 fully saturated rings. The lowest BCUT2D eigenvalue weighted by Gasteiger charge is -2.02. The van der Waals surface area contributed by atoms with Crippen molar-refractivity contribution < 1.29 is 4.79 Å². The van der Waals surface area contributed by atoms with Crippen LogP contribution in [0.4, 0.5) is 5.82 Å². The summed E-state index contributed by atoms with van der Waals surface area (Å²) in [6.07, 6.45) is 3.58. The Morgan fingerprint density at radius 1 is 1.21 bits per heavy atom. The number of anilines is 1. The quantitative estimate of drug-likeness (QED) is 0.698. The number of carbonyl (C=O) groups is 1. The number of aromatic nitrogens is 4. The molecule has 1 aromatic carbocycles. The molecule has 3 rings (SSSR count). The first-order valence-electron chi connectivity index (χ1n) is 7.37. The van der Waals surface area contributed by atoms with Gasteiger partial charge in [0.05, 0.1) is 11.0 Å². The molecule has 0 saturated carbocycles. The number of hydrogen-bond donors (Lipinski definition) is 1. The standard InChI is InChI=1S/C16H15BrClN5O/c1-2-22-8-7-14(20-22)16(24)19-15-13(17)10-23(21-15)9-11-3-5-12(18)6-4-11/h3-8,10H,2,9H2,1H3,(H,19,21,24). The van der Waals surface area contributed by atoms with Crippen molar-refractivity contribution in [1.82, 2.24) is 19.6 Å². The van der Waals surface area contributed by atoms with Gasteiger partial charge in [-0.1, -0.05) is 23.7 Å². The summed E-state index contributed by atoms with van der Waals surface area (Å²) in [5.74, 6) is 0.166. The lowest BCUT2D eigenvalue weighted by molar-refractivity contribution is 0.102. The first kappa shape index (κ1) is 16.7. The molecule has 1 N–H and O–H groups in total. The molecule has 0 unspecified atom stereocenters. The van der Waals surface area contributed by atoms with Crippen LogP contribution in [-0.4, -0.2) is 25.5 Å². The molecular formula is C16H15BrClN5O. The number of nitrogens with one attached hydrogen (secondary N) is 1. The van der Waals surface area contributed by atoms with Crippen LogP contribution in [0.2, 0.25) is 5.02 Å². The minimum Gasteiger partial charge on any atom is -0.303 e. The van der Waals surface area contributed by atoms with Crippen molar-refractivity contribution in [2.75, 3.05) is 5.32 Å². The van der Waals surface area contributed by atoms with Crippen LogP contribution < -0.4 is 5.32 Å². The predicted octanol–water partition coefficient (Wildman–Crippen LogP) is 3.82. The maximum absolute atomic E-state index is 12.2. The summed E-state index contributed by atoms with van der Waals surface area (Å²) in [7, 11) is 0. The Kier molecular flexibility index (Phi) is 5.01. The molecule has 0 atom stereocenters. The number of halogens is 2. The summed E-state index contributed by atoms with van der Waals surface area (Å²) in [5, 5.41) is 12.0. The monoisotopic (exact) mass is 407 g/mol. The molecule has 0 aliphatic rings. The highest BCUT2D eigenvalue weighted by Crippen LogP contribution is 2.21. The molecule has 8 heteroatoms. The Morgan fingerprint density at radius 2 is 1.96 bits per heavy atom. The van der Waals surface area contributed by atoms with Gasteiger partial charge in [0.2, 0.25) is 0 Å². The lowest BCUT2D eigenvalue weighted by atomic mass is 10.2. The SMILES string of the molecule is CCn1ccc(C(=O)Nc2nn(Cc3ccc(Cl)cc3)cc2Br)n1. The van der Waals surface area contributed by atoms with Crippen molar-refractivity contribution >= 4 is 39.3 Å². The molecule has 0 aliphatic heterocycles. The fraction of sp³-hybridized carbons (Fsp3) is 0.188. The number of benzene rings is 1. The fourth-order valence-electron chi connectivity index (χ4n) is 2.17. The molecular weight excluding hydrogens is 394 g/mol. The third-order valence-corrected chi connectivity index (χ3v) is 4.24. The second-order valence-corrected chi connectivity index (χ2v) is 6.45. The van der Waals surface area contributed by atoms with Gasteiger partial charge >= 0.3 is 0 Å². The highest BCUT2D eigenvalue weighted by molar-refractivity contribution is 9.10. The molecule has 3 aromatic rings. The topological polar surface area (TPSA) is 64.7 Å². The van der Waals surface area contributed by atoms with Gasteiger partial charge in [0, 0.05) is 24.0 Å². The average Bonchev–Trinajstić information content (AvgIpc) is 3.17. The summed E-state index contributed by atoms with van der Waals surface area (Å²) in [5.41, 5.74) is 1.42. The molecule has 0 spiro atoms. The van der Waals surface area contributed by atoms with Crippen molar-refractivity contribution in [2.24, 2.45) is 0 Å². The smallest absolute Gasteiger partial charge is 0.277 e. The normalized spacial score (nSPS) is 10.8. The van der Waals surface area contributed by atoms with E-state index in [2.05, 4.69) is 31.4 Å². The largest absolute Gasteiger partial charge is 0.303 e. The van der Waals surface area contributed by atoms with Crippen LogP contribution >= 0.6 is 27.5 Å². The van der Waals surface area contributed by atoms with Crippen LogP contribution in [0.15, 0.2) is 47.2 Å². The van der Waals surface area contributed by atoms with E-state index in [-0.39, 0.29) is 5.91 Å². The maximum atomic E-state index is 12.2. The molecule has 6 nitrogen and oxygen atoms in total. The highest BCUT2D eigenvalue weighted by Gasteiger charge is 2.14. The number of rotatable bonds is 5. The van der Waals surface area contributed by atoms with E-state index in [1.807, 2.05) is 37.4 Å². The van der Waals surface area contributed by atoms with E-state index in [9.17, 15) is 4.79 Å². The average molecular weight is 409 g/mol. The van der Waals surface area contributed by atoms with Gasteiger partial charge in [0.15, 0.2) is 11.5 Å². The number of amides is 1. The number of hydrogen-bond acceptors (Lipinski definition) is 3. The molecule has 2 aromatic heterocycles. The van der Waals surface area contributed by atoms with Gasteiger partial charge in [-0.05, 0) is 46.6 Å². The van der Waals surface area contributed by atoms with Crippen LogP contribution in [0.1, 0.15) is 23.0 Å². The summed E-state index contributed by atoms with van der Waals surface area (Å²) in [4.78, 5) is 12.2. The Morgan fingerprint density at radius 3 is 2.62 bits per heavy atom. The Hall–Kier alpha value is -2.12. The summed E-state index contributed by atoms with van der Waals surface area (Å²) in [6.45, 7) is 3.26. The summed E-state index contributed by atoms with van der Waals surface area (Å²) in [6, 6.07) is 9.23. The van der Waals surface area contributed by atoms with Crippen LogP contribution in [0.3, 0.4) is 0 Å². The molecule has 124 valence electrons. The van der Waals surface area contributed by atoms with E-state index in [0.29, 0.717) is 34.1 Å². The zero-order chi connectivity index (χ0) is 17.1. The zero-order valence-corrected chi connectivity index (χ0v) is 15.3. The van der Waals surface area contributed by atoms with Gasteiger partial charge in [0.1, 0.15) is 0 Å². The van der Waals surface area contributed by atoms with Crippen LogP contribution in [0.25, 0.3) is 0 Å². The van der Waals surface area contributed by atoms with Gasteiger partial charge in [-0.3, -0.25) is 14.2 Å². The molecule has 2 heterocycles. The Bertz CT molecular complexity index is 856. The van der Waals surface area contributed by atoms with Crippen molar-refractivity contribution in [3.05, 3.63) is 63.5 Å². The summed E-state index contributed by atoms with van der Waals surface area (Å²) >= 11 is 9.30. The second-order valence-electron chi connectivity index (χ2n) is 5.16. The van der Waals surface area contributed by atoms with E-state index in [0.717, 1.165) is 5.56 Å². The molecule has 0 bridgehead atoms. The first-order chi connectivity index (χ1) is 11.5. The third-order valence-electron chi connectivity index (χ3n) is 3.40. The van der Waals surface area contributed by atoms with E-state index in [1.54, 1.807) is 21.6 Å². The predicted molar refractivity (Wildman–Crippen MR) is 96.3 cm³/mol. The minimum atomic E-state index is -0.292. The fourth-order valence-corrected chi connectivity index (χ4v) is 2.71. The molecule has 24 heavy (non-hydrogen) atoms. The number of nitrogens with zero attached hydrogens (tertiary/aromatic N) is 4. The van der Waals surface area contributed by atoms with E-state index in [4.69, 9.17) is 11.6 Å². The van der Waals surface area contributed by atoms with Gasteiger partial charge in [-0.15, -0.1) is 0 Å². The summed E-state index contributed by atoms with van der Waals surface area (Å²) < 4.78 is 4.15. The molecule has 0 radical (unpaired) electrons. The molecule has 0 saturated heterocycles. The van der Waals surface area contributed by atoms with Crippen LogP contribution in [0.5, 0.6) is 0 Å².